The molecule has 1 amide bonds. The average Bonchev–Trinajstić information content (AvgIpc) is 3.10. The van der Waals surface area contributed by atoms with Gasteiger partial charge in [0.2, 0.25) is 5.91 Å². The Bertz CT molecular complexity index is 1340. The Morgan fingerprint density at radius 2 is 1.97 bits per heavy atom. The van der Waals surface area contributed by atoms with Gasteiger partial charge in [-0.1, -0.05) is 0 Å². The molecular formula is C23H21FN2O4. The van der Waals surface area contributed by atoms with E-state index >= 15 is 0 Å². The van der Waals surface area contributed by atoms with Crippen molar-refractivity contribution in [3.63, 3.8) is 0 Å². The largest absolute Gasteiger partial charge is 0.508 e. The van der Waals surface area contributed by atoms with Crippen molar-refractivity contribution >= 4 is 27.8 Å². The lowest BCUT2D eigenvalue weighted by Gasteiger charge is -2.10. The molecule has 0 fully saturated rings. The number of carbonyl (C=O) groups excluding carboxylic acids is 1. The van der Waals surface area contributed by atoms with Gasteiger partial charge < -0.3 is 19.8 Å². The minimum absolute atomic E-state index is 0.0488. The van der Waals surface area contributed by atoms with Crippen molar-refractivity contribution in [3.05, 3.63) is 75.0 Å². The predicted molar refractivity (Wildman–Crippen MR) is 112 cm³/mol. The zero-order chi connectivity index (χ0) is 21.4. The number of hydrogen-bond donors (Lipinski definition) is 3. The van der Waals surface area contributed by atoms with Crippen LogP contribution in [0.3, 0.4) is 0 Å². The third kappa shape index (κ3) is 3.54. The molecule has 0 aliphatic carbocycles. The number of aromatic hydroxyl groups is 1. The lowest BCUT2D eigenvalue weighted by Crippen LogP contribution is -2.29. The Hall–Kier alpha value is -3.61. The van der Waals surface area contributed by atoms with E-state index in [1.807, 2.05) is 0 Å². The van der Waals surface area contributed by atoms with E-state index in [0.29, 0.717) is 40.6 Å². The van der Waals surface area contributed by atoms with E-state index in [-0.39, 0.29) is 23.9 Å². The molecule has 2 aromatic carbocycles. The number of phenolic OH excluding ortho intramolecular Hbond substituents is 1. The van der Waals surface area contributed by atoms with Crippen LogP contribution in [0.2, 0.25) is 0 Å². The smallest absolute Gasteiger partial charge is 0.340 e. The van der Waals surface area contributed by atoms with Crippen molar-refractivity contribution in [3.8, 4) is 5.75 Å². The predicted octanol–water partition coefficient (Wildman–Crippen LogP) is 3.64. The second-order valence-electron chi connectivity index (χ2n) is 7.36. The summed E-state index contributed by atoms with van der Waals surface area (Å²) in [6.45, 7) is 3.79. The number of rotatable bonds is 5. The van der Waals surface area contributed by atoms with Crippen LogP contribution in [0.5, 0.6) is 5.75 Å². The molecule has 4 aromatic rings. The molecular weight excluding hydrogens is 387 g/mol. The number of benzene rings is 2. The van der Waals surface area contributed by atoms with Gasteiger partial charge in [0.15, 0.2) is 0 Å². The molecule has 0 aliphatic rings. The van der Waals surface area contributed by atoms with Gasteiger partial charge in [-0.15, -0.1) is 0 Å². The van der Waals surface area contributed by atoms with Crippen LogP contribution >= 0.6 is 0 Å². The summed E-state index contributed by atoms with van der Waals surface area (Å²) in [5.74, 6) is -0.562. The zero-order valence-corrected chi connectivity index (χ0v) is 16.6. The maximum Gasteiger partial charge on any atom is 0.340 e. The van der Waals surface area contributed by atoms with E-state index in [1.165, 1.54) is 12.1 Å². The first-order chi connectivity index (χ1) is 14.3. The Kier molecular flexibility index (Phi) is 5.03. The molecule has 0 spiro atoms. The van der Waals surface area contributed by atoms with Crippen LogP contribution in [0.15, 0.2) is 45.7 Å². The molecule has 0 atom stereocenters. The number of aryl methyl sites for hydroxylation is 2. The number of H-pyrrole nitrogens is 1. The Labute approximate surface area is 171 Å². The molecule has 0 aliphatic heterocycles. The first-order valence-corrected chi connectivity index (χ1v) is 9.62. The number of phenols is 1. The molecule has 30 heavy (non-hydrogen) atoms. The number of hydrogen-bond acceptors (Lipinski definition) is 4. The molecule has 0 radical (unpaired) electrons. The summed E-state index contributed by atoms with van der Waals surface area (Å²) in [5, 5.41) is 14.1. The number of carbonyl (C=O) groups is 1. The molecule has 7 heteroatoms. The second-order valence-corrected chi connectivity index (χ2v) is 7.36. The molecule has 154 valence electrons. The standard InChI is InChI=1S/C23H21FN2O4/c1-12-16-4-6-20(27)13(2)22(16)30-23(29)17(12)10-21(28)25-8-7-14-11-26-19-5-3-15(24)9-18(14)19/h3-6,9,11,26-27H,7-8,10H2,1-2H3,(H,25,28). The summed E-state index contributed by atoms with van der Waals surface area (Å²) >= 11 is 0. The lowest BCUT2D eigenvalue weighted by molar-refractivity contribution is -0.120. The van der Waals surface area contributed by atoms with Crippen LogP contribution in [-0.2, 0) is 17.6 Å². The highest BCUT2D eigenvalue weighted by molar-refractivity contribution is 5.87. The molecule has 3 N–H and O–H groups in total. The number of halogens is 1. The molecule has 0 unspecified atom stereocenters. The highest BCUT2D eigenvalue weighted by Crippen LogP contribution is 2.28. The van der Waals surface area contributed by atoms with Gasteiger partial charge in [-0.25, -0.2) is 9.18 Å². The molecule has 4 rings (SSSR count). The fourth-order valence-electron chi connectivity index (χ4n) is 3.70. The quantitative estimate of drug-likeness (QED) is 0.440. The lowest BCUT2D eigenvalue weighted by atomic mass is 10.0. The summed E-state index contributed by atoms with van der Waals surface area (Å²) in [5.41, 5.74) is 2.92. The fraction of sp³-hybridized carbons (Fsp3) is 0.217. The highest BCUT2D eigenvalue weighted by Gasteiger charge is 2.17. The van der Waals surface area contributed by atoms with E-state index in [0.717, 1.165) is 16.5 Å². The van der Waals surface area contributed by atoms with Gasteiger partial charge >= 0.3 is 5.63 Å². The van der Waals surface area contributed by atoms with Crippen LogP contribution in [0.25, 0.3) is 21.9 Å². The molecule has 2 aromatic heterocycles. The van der Waals surface area contributed by atoms with E-state index in [1.54, 1.807) is 38.2 Å². The summed E-state index contributed by atoms with van der Waals surface area (Å²) in [6.07, 6.45) is 2.22. The van der Waals surface area contributed by atoms with Gasteiger partial charge in [0.1, 0.15) is 17.1 Å². The number of aromatic amines is 1. The summed E-state index contributed by atoms with van der Waals surface area (Å²) in [7, 11) is 0. The number of amides is 1. The van der Waals surface area contributed by atoms with Gasteiger partial charge in [-0.2, -0.15) is 0 Å². The summed E-state index contributed by atoms with van der Waals surface area (Å²) in [6, 6.07) is 7.75. The van der Waals surface area contributed by atoms with Crippen molar-refractivity contribution < 1.29 is 18.7 Å². The van der Waals surface area contributed by atoms with Gasteiger partial charge in [0, 0.05) is 34.6 Å². The maximum atomic E-state index is 13.5. The van der Waals surface area contributed by atoms with Crippen LogP contribution in [0.4, 0.5) is 4.39 Å². The van der Waals surface area contributed by atoms with Crippen molar-refractivity contribution in [2.75, 3.05) is 6.54 Å². The zero-order valence-electron chi connectivity index (χ0n) is 16.6. The number of aromatic nitrogens is 1. The first-order valence-electron chi connectivity index (χ1n) is 9.62. The molecule has 6 nitrogen and oxygen atoms in total. The van der Waals surface area contributed by atoms with E-state index in [2.05, 4.69) is 10.3 Å². The highest BCUT2D eigenvalue weighted by atomic mass is 19.1. The third-order valence-corrected chi connectivity index (χ3v) is 5.46. The van der Waals surface area contributed by atoms with E-state index in [4.69, 9.17) is 4.42 Å². The topological polar surface area (TPSA) is 95.3 Å². The SMILES string of the molecule is Cc1c(CC(=O)NCCc2c[nH]c3ccc(F)cc23)c(=O)oc2c(C)c(O)ccc12. The molecule has 0 saturated carbocycles. The Morgan fingerprint density at radius 3 is 2.77 bits per heavy atom. The number of fused-ring (bicyclic) bond motifs is 2. The van der Waals surface area contributed by atoms with Gasteiger partial charge in [0.05, 0.1) is 12.0 Å². The third-order valence-electron chi connectivity index (χ3n) is 5.46. The van der Waals surface area contributed by atoms with Crippen LogP contribution in [0, 0.1) is 19.7 Å². The number of nitrogens with one attached hydrogen (secondary N) is 2. The Morgan fingerprint density at radius 1 is 1.17 bits per heavy atom. The van der Waals surface area contributed by atoms with Crippen molar-refractivity contribution in [2.24, 2.45) is 0 Å². The summed E-state index contributed by atoms with van der Waals surface area (Å²) in [4.78, 5) is 27.9. The normalized spacial score (nSPS) is 11.3. The van der Waals surface area contributed by atoms with Crippen molar-refractivity contribution in [1.29, 1.82) is 0 Å². The monoisotopic (exact) mass is 408 g/mol. The maximum absolute atomic E-state index is 13.5. The fourth-order valence-corrected chi connectivity index (χ4v) is 3.70. The second kappa shape index (κ2) is 7.67. The molecule has 0 bridgehead atoms. The van der Waals surface area contributed by atoms with Crippen LogP contribution in [0.1, 0.15) is 22.3 Å². The van der Waals surface area contributed by atoms with Gasteiger partial charge in [0.25, 0.3) is 0 Å². The summed E-state index contributed by atoms with van der Waals surface area (Å²) < 4.78 is 18.9. The minimum Gasteiger partial charge on any atom is -0.508 e. The van der Waals surface area contributed by atoms with Gasteiger partial charge in [-0.3, -0.25) is 4.79 Å². The molecule has 2 heterocycles. The van der Waals surface area contributed by atoms with Gasteiger partial charge in [-0.05, 0) is 61.7 Å². The Balaban J connectivity index is 1.47. The van der Waals surface area contributed by atoms with Crippen molar-refractivity contribution in [2.45, 2.75) is 26.7 Å². The van der Waals surface area contributed by atoms with Crippen LogP contribution < -0.4 is 10.9 Å². The van der Waals surface area contributed by atoms with E-state index in [9.17, 15) is 19.1 Å². The average molecular weight is 408 g/mol. The molecule has 0 saturated heterocycles. The van der Waals surface area contributed by atoms with Crippen LogP contribution in [-0.4, -0.2) is 22.5 Å². The van der Waals surface area contributed by atoms with Crippen molar-refractivity contribution in [1.82, 2.24) is 10.3 Å². The first kappa shape index (κ1) is 19.7. The van der Waals surface area contributed by atoms with E-state index < -0.39 is 5.63 Å². The minimum atomic E-state index is -0.587.